The van der Waals surface area contributed by atoms with Crippen LogP contribution in [0, 0.1) is 0 Å². The summed E-state index contributed by atoms with van der Waals surface area (Å²) in [5, 5.41) is 7.79. The Balaban J connectivity index is 1.75. The van der Waals surface area contributed by atoms with E-state index in [0.717, 1.165) is 27.9 Å². The quantitative estimate of drug-likeness (QED) is 0.605. The van der Waals surface area contributed by atoms with E-state index in [1.54, 1.807) is 0 Å². The lowest BCUT2D eigenvalue weighted by Crippen LogP contribution is -2.42. The predicted molar refractivity (Wildman–Crippen MR) is 107 cm³/mol. The minimum Gasteiger partial charge on any atom is -0.487 e. The van der Waals surface area contributed by atoms with Crippen molar-refractivity contribution in [3.63, 3.8) is 0 Å². The summed E-state index contributed by atoms with van der Waals surface area (Å²) in [6.45, 7) is 4.17. The van der Waals surface area contributed by atoms with Crippen LogP contribution in [0.2, 0.25) is 5.02 Å². The summed E-state index contributed by atoms with van der Waals surface area (Å²) in [6, 6.07) is 13.8. The molecule has 1 aliphatic rings. The number of nitrogens with one attached hydrogen (secondary N) is 2. The van der Waals surface area contributed by atoms with Crippen molar-refractivity contribution in [2.75, 3.05) is 5.32 Å². The number of thiocarbonyl (C=S) groups is 1. The number of fused-ring (bicyclic) bond motifs is 1. The molecule has 0 amide bonds. The molecule has 2 aromatic rings. The number of hydrogen-bond donors (Lipinski definition) is 2. The second-order valence-corrected chi connectivity index (χ2v) is 8.05. The number of hydrogen-bond acceptors (Lipinski definition) is 2. The van der Waals surface area contributed by atoms with Gasteiger partial charge >= 0.3 is 0 Å². The van der Waals surface area contributed by atoms with E-state index in [1.165, 1.54) is 0 Å². The molecule has 0 spiro atoms. The minimum atomic E-state index is -0.247. The van der Waals surface area contributed by atoms with Crippen molar-refractivity contribution in [1.82, 2.24) is 5.32 Å². The third-order valence-electron chi connectivity index (χ3n) is 3.86. The average Bonchev–Trinajstić information content (AvgIpc) is 2.50. The zero-order chi connectivity index (χ0) is 17.3. The first-order valence-corrected chi connectivity index (χ1v) is 9.22. The normalized spacial score (nSPS) is 18.2. The molecular formula is C18H18BrClN2OS. The lowest BCUT2D eigenvalue weighted by Gasteiger charge is -2.38. The van der Waals surface area contributed by atoms with Gasteiger partial charge in [0.25, 0.3) is 0 Å². The second kappa shape index (κ2) is 6.90. The molecule has 0 aliphatic carbocycles. The fourth-order valence-corrected chi connectivity index (χ4v) is 3.52. The van der Waals surface area contributed by atoms with Crippen LogP contribution in [-0.2, 0) is 0 Å². The number of rotatable bonds is 2. The lowest BCUT2D eigenvalue weighted by molar-refractivity contribution is 0.0697. The molecule has 2 aromatic carbocycles. The highest BCUT2D eigenvalue weighted by Crippen LogP contribution is 2.39. The van der Waals surface area contributed by atoms with Gasteiger partial charge in [-0.2, -0.15) is 0 Å². The number of anilines is 1. The van der Waals surface area contributed by atoms with E-state index in [9.17, 15) is 0 Å². The van der Waals surface area contributed by atoms with Crippen molar-refractivity contribution >= 4 is 50.5 Å². The Morgan fingerprint density at radius 2 is 2.04 bits per heavy atom. The summed E-state index contributed by atoms with van der Waals surface area (Å²) in [7, 11) is 0. The summed E-state index contributed by atoms with van der Waals surface area (Å²) in [5.41, 5.74) is 1.72. The van der Waals surface area contributed by atoms with E-state index in [2.05, 4.69) is 46.5 Å². The molecule has 126 valence electrons. The number of halogens is 2. The molecule has 2 N–H and O–H groups in total. The highest BCUT2D eigenvalue weighted by Gasteiger charge is 2.33. The Labute approximate surface area is 160 Å². The monoisotopic (exact) mass is 424 g/mol. The van der Waals surface area contributed by atoms with Gasteiger partial charge in [0, 0.05) is 22.1 Å². The molecule has 24 heavy (non-hydrogen) atoms. The molecule has 1 aliphatic heterocycles. The second-order valence-electron chi connectivity index (χ2n) is 6.38. The molecule has 0 saturated carbocycles. The molecule has 3 nitrogen and oxygen atoms in total. The van der Waals surface area contributed by atoms with E-state index < -0.39 is 0 Å². The van der Waals surface area contributed by atoms with Crippen LogP contribution in [0.25, 0.3) is 0 Å². The third kappa shape index (κ3) is 4.02. The Bertz CT molecular complexity index is 781. The van der Waals surface area contributed by atoms with Crippen LogP contribution in [0.4, 0.5) is 5.69 Å². The zero-order valence-corrected chi connectivity index (χ0v) is 16.6. The van der Waals surface area contributed by atoms with Gasteiger partial charge in [0.05, 0.1) is 11.1 Å². The van der Waals surface area contributed by atoms with E-state index in [-0.39, 0.29) is 11.6 Å². The average molecular weight is 426 g/mol. The highest BCUT2D eigenvalue weighted by molar-refractivity contribution is 9.10. The fourth-order valence-electron chi connectivity index (χ4n) is 2.83. The van der Waals surface area contributed by atoms with Crippen LogP contribution in [0.1, 0.15) is 31.9 Å². The van der Waals surface area contributed by atoms with Gasteiger partial charge in [0.1, 0.15) is 11.4 Å². The van der Waals surface area contributed by atoms with Gasteiger partial charge in [-0.1, -0.05) is 29.8 Å². The molecule has 0 bridgehead atoms. The van der Waals surface area contributed by atoms with E-state index in [4.69, 9.17) is 28.6 Å². The summed E-state index contributed by atoms with van der Waals surface area (Å²) in [5.74, 6) is 0.903. The molecule has 0 fully saturated rings. The molecule has 1 heterocycles. The first-order chi connectivity index (χ1) is 11.3. The Hall–Kier alpha value is -1.30. The van der Waals surface area contributed by atoms with Crippen molar-refractivity contribution in [2.45, 2.75) is 31.9 Å². The van der Waals surface area contributed by atoms with Crippen LogP contribution < -0.4 is 15.4 Å². The first-order valence-electron chi connectivity index (χ1n) is 7.64. The summed E-state index contributed by atoms with van der Waals surface area (Å²) < 4.78 is 6.91. The number of benzene rings is 2. The highest BCUT2D eigenvalue weighted by atomic mass is 79.9. The predicted octanol–water partition coefficient (Wildman–Crippen LogP) is 5.69. The number of para-hydroxylation sites is 1. The zero-order valence-electron chi connectivity index (χ0n) is 13.4. The van der Waals surface area contributed by atoms with Crippen LogP contribution in [-0.4, -0.2) is 10.7 Å². The van der Waals surface area contributed by atoms with Crippen molar-refractivity contribution in [1.29, 1.82) is 0 Å². The molecule has 0 unspecified atom stereocenters. The van der Waals surface area contributed by atoms with Crippen molar-refractivity contribution < 1.29 is 4.74 Å². The summed E-state index contributed by atoms with van der Waals surface area (Å²) in [4.78, 5) is 0. The van der Waals surface area contributed by atoms with Crippen LogP contribution >= 0.6 is 39.7 Å². The molecular weight excluding hydrogens is 408 g/mol. The molecule has 0 aromatic heterocycles. The standard InChI is InChI=1S/C18H18BrClN2OS/c1-18(2)10-15(12-5-3-4-6-16(12)23-18)22-17(24)21-11-7-8-13(19)14(20)9-11/h3-9,15H,10H2,1-2H3,(H2,21,22,24)/t15-/m0/s1. The summed E-state index contributed by atoms with van der Waals surface area (Å²) >= 11 is 15.0. The maximum absolute atomic E-state index is 6.13. The maximum atomic E-state index is 6.13. The van der Waals surface area contributed by atoms with Gasteiger partial charge in [-0.15, -0.1) is 0 Å². The Kier molecular flexibility index (Phi) is 5.04. The maximum Gasteiger partial charge on any atom is 0.171 e. The smallest absolute Gasteiger partial charge is 0.171 e. The molecule has 1 atom stereocenters. The SMILES string of the molecule is CC1(C)C[C@H](NC(=S)Nc2ccc(Br)c(Cl)c2)c2ccccc2O1. The van der Waals surface area contributed by atoms with Crippen molar-refractivity contribution in [2.24, 2.45) is 0 Å². The lowest BCUT2D eigenvalue weighted by atomic mass is 9.90. The van der Waals surface area contributed by atoms with Gasteiger partial charge < -0.3 is 15.4 Å². The van der Waals surface area contributed by atoms with E-state index >= 15 is 0 Å². The molecule has 3 rings (SSSR count). The Morgan fingerprint density at radius 1 is 1.29 bits per heavy atom. The van der Waals surface area contributed by atoms with Gasteiger partial charge in [0.2, 0.25) is 0 Å². The van der Waals surface area contributed by atoms with Crippen molar-refractivity contribution in [3.05, 3.63) is 57.5 Å². The summed E-state index contributed by atoms with van der Waals surface area (Å²) in [6.07, 6.45) is 0.826. The van der Waals surface area contributed by atoms with Gasteiger partial charge in [-0.25, -0.2) is 0 Å². The molecule has 0 saturated heterocycles. The van der Waals surface area contributed by atoms with E-state index in [0.29, 0.717) is 10.1 Å². The fraction of sp³-hybridized carbons (Fsp3) is 0.278. The van der Waals surface area contributed by atoms with Crippen LogP contribution in [0.3, 0.4) is 0 Å². The largest absolute Gasteiger partial charge is 0.487 e. The number of ether oxygens (including phenoxy) is 1. The van der Waals surface area contributed by atoms with Crippen LogP contribution in [0.15, 0.2) is 46.9 Å². The topological polar surface area (TPSA) is 33.3 Å². The van der Waals surface area contributed by atoms with E-state index in [1.807, 2.05) is 36.4 Å². The van der Waals surface area contributed by atoms with Gasteiger partial charge in [0.15, 0.2) is 5.11 Å². The third-order valence-corrected chi connectivity index (χ3v) is 5.31. The van der Waals surface area contributed by atoms with Crippen LogP contribution in [0.5, 0.6) is 5.75 Å². The van der Waals surface area contributed by atoms with Gasteiger partial charge in [-0.05, 0) is 66.3 Å². The molecule has 6 heteroatoms. The Morgan fingerprint density at radius 3 is 2.79 bits per heavy atom. The minimum absolute atomic E-state index is 0.0934. The van der Waals surface area contributed by atoms with Crippen molar-refractivity contribution in [3.8, 4) is 5.75 Å². The molecule has 0 radical (unpaired) electrons. The van der Waals surface area contributed by atoms with Gasteiger partial charge in [-0.3, -0.25) is 0 Å². The first kappa shape index (κ1) is 17.5.